The lowest BCUT2D eigenvalue weighted by Crippen LogP contribution is -2.06. The van der Waals surface area contributed by atoms with Crippen molar-refractivity contribution in [2.45, 2.75) is 31.6 Å². The lowest BCUT2D eigenvalue weighted by molar-refractivity contribution is 0.883. The van der Waals surface area contributed by atoms with E-state index in [0.29, 0.717) is 5.02 Å². The Morgan fingerprint density at radius 1 is 1.47 bits per heavy atom. The van der Waals surface area contributed by atoms with Crippen molar-refractivity contribution < 1.29 is 0 Å². The molecule has 0 radical (unpaired) electrons. The number of aryl methyl sites for hydroxylation is 1. The highest BCUT2D eigenvalue weighted by molar-refractivity contribution is 8.13. The Balaban J connectivity index is 2.78. The average Bonchev–Trinajstić information content (AvgIpc) is 2.34. The van der Waals surface area contributed by atoms with Crippen LogP contribution in [-0.4, -0.2) is 10.2 Å². The predicted molar refractivity (Wildman–Crippen MR) is 83.3 cm³/mol. The number of pyridine rings is 1. The Hall–Kier alpha value is -1.26. The van der Waals surface area contributed by atoms with E-state index in [1.54, 1.807) is 0 Å². The summed E-state index contributed by atoms with van der Waals surface area (Å²) in [6, 6.07) is 5.72. The molecule has 0 saturated carbocycles. The second-order valence-corrected chi connectivity index (χ2v) is 5.82. The molecule has 3 nitrogen and oxygen atoms in total. The van der Waals surface area contributed by atoms with E-state index in [2.05, 4.69) is 11.9 Å². The predicted octanol–water partition coefficient (Wildman–Crippen LogP) is 4.13. The van der Waals surface area contributed by atoms with Crippen molar-refractivity contribution in [1.82, 2.24) is 4.98 Å². The van der Waals surface area contributed by atoms with Crippen LogP contribution in [0.2, 0.25) is 5.02 Å². The topological polar surface area (TPSA) is 62.8 Å². The highest BCUT2D eigenvalue weighted by Crippen LogP contribution is 2.35. The lowest BCUT2D eigenvalue weighted by atomic mass is 10.1. The van der Waals surface area contributed by atoms with Gasteiger partial charge in [0.1, 0.15) is 0 Å². The quantitative estimate of drug-likeness (QED) is 0.508. The molecule has 0 unspecified atom stereocenters. The molecular weight excluding hydrogens is 278 g/mol. The Kier molecular flexibility index (Phi) is 4.32. The van der Waals surface area contributed by atoms with Crippen molar-refractivity contribution in [2.75, 3.05) is 0 Å². The summed E-state index contributed by atoms with van der Waals surface area (Å²) in [4.78, 5) is 5.62. The van der Waals surface area contributed by atoms with E-state index in [1.165, 1.54) is 11.8 Å². The normalized spacial score (nSPS) is 10.9. The summed E-state index contributed by atoms with van der Waals surface area (Å²) in [6.07, 6.45) is 1.96. The van der Waals surface area contributed by atoms with E-state index in [9.17, 15) is 0 Å². The van der Waals surface area contributed by atoms with Gasteiger partial charge in [0.25, 0.3) is 0 Å². The minimum atomic E-state index is 0.0872. The van der Waals surface area contributed by atoms with E-state index in [-0.39, 0.29) is 5.17 Å². The molecular formula is C14H16ClN3S. The summed E-state index contributed by atoms with van der Waals surface area (Å²) < 4.78 is 0. The molecule has 100 valence electrons. The zero-order valence-corrected chi connectivity index (χ0v) is 12.5. The summed E-state index contributed by atoms with van der Waals surface area (Å²) in [6.45, 7) is 4.11. The number of nitrogens with zero attached hydrogens (tertiary/aromatic N) is 1. The number of thioether (sulfide) groups is 1. The van der Waals surface area contributed by atoms with Crippen molar-refractivity contribution in [3.63, 3.8) is 0 Å². The molecule has 0 fully saturated rings. The lowest BCUT2D eigenvalue weighted by Gasteiger charge is -2.14. The van der Waals surface area contributed by atoms with Crippen LogP contribution < -0.4 is 5.73 Å². The van der Waals surface area contributed by atoms with Gasteiger partial charge in [-0.2, -0.15) is 0 Å². The van der Waals surface area contributed by atoms with Crippen LogP contribution in [0.3, 0.4) is 0 Å². The fraction of sp³-hybridized carbons (Fsp3) is 0.286. The van der Waals surface area contributed by atoms with Gasteiger partial charge in [-0.1, -0.05) is 48.8 Å². The number of rotatable bonds is 3. The molecule has 0 spiro atoms. The number of fused-ring (bicyclic) bond motifs is 1. The average molecular weight is 294 g/mol. The number of nitrogens with two attached hydrogens (primary N) is 1. The van der Waals surface area contributed by atoms with Crippen LogP contribution in [0.5, 0.6) is 0 Å². The highest BCUT2D eigenvalue weighted by Gasteiger charge is 2.15. The third-order valence-electron chi connectivity index (χ3n) is 2.93. The smallest absolute Gasteiger partial charge is 0.155 e. The molecule has 0 aliphatic carbocycles. The minimum absolute atomic E-state index is 0.0872. The van der Waals surface area contributed by atoms with Crippen molar-refractivity contribution in [3.05, 3.63) is 34.5 Å². The van der Waals surface area contributed by atoms with Gasteiger partial charge < -0.3 is 5.73 Å². The summed E-state index contributed by atoms with van der Waals surface area (Å²) in [7, 11) is 0. The molecule has 5 heteroatoms. The Morgan fingerprint density at radius 2 is 2.21 bits per heavy atom. The number of amidine groups is 1. The summed E-state index contributed by atoms with van der Waals surface area (Å²) in [5.74, 6) is 0. The minimum Gasteiger partial charge on any atom is -0.378 e. The van der Waals surface area contributed by atoms with Crippen LogP contribution in [0.1, 0.15) is 24.6 Å². The van der Waals surface area contributed by atoms with Crippen LogP contribution in [0.4, 0.5) is 0 Å². The number of hydrogen-bond donors (Lipinski definition) is 2. The van der Waals surface area contributed by atoms with Gasteiger partial charge in [0.2, 0.25) is 0 Å². The van der Waals surface area contributed by atoms with Crippen molar-refractivity contribution in [2.24, 2.45) is 5.73 Å². The van der Waals surface area contributed by atoms with Gasteiger partial charge in [-0.05, 0) is 25.0 Å². The van der Waals surface area contributed by atoms with E-state index in [1.807, 2.05) is 25.1 Å². The molecule has 1 aromatic heterocycles. The molecule has 0 bridgehead atoms. The third kappa shape index (κ3) is 2.85. The molecule has 2 rings (SSSR count). The second-order valence-electron chi connectivity index (χ2n) is 4.36. The molecule has 0 atom stereocenters. The van der Waals surface area contributed by atoms with Gasteiger partial charge in [-0.15, -0.1) is 0 Å². The summed E-state index contributed by atoms with van der Waals surface area (Å²) in [5, 5.41) is 9.24. The maximum absolute atomic E-state index is 7.55. The van der Waals surface area contributed by atoms with E-state index in [0.717, 1.165) is 39.9 Å². The number of aromatic nitrogens is 1. The number of nitrogens with one attached hydrogen (secondary N) is 1. The van der Waals surface area contributed by atoms with Crippen LogP contribution in [0.25, 0.3) is 10.9 Å². The first-order chi connectivity index (χ1) is 9.04. The first-order valence-corrected chi connectivity index (χ1v) is 7.33. The highest BCUT2D eigenvalue weighted by atomic mass is 35.5. The van der Waals surface area contributed by atoms with Crippen molar-refractivity contribution in [1.29, 1.82) is 5.41 Å². The standard InChI is InChI=1S/C14H16ClN3S/c1-3-5-9-8(2)18-12-10(6-4-7-11(12)15)13(9)19-14(16)17/h4,6-7H,3,5H2,1-2H3,(H3,16,17). The van der Waals surface area contributed by atoms with Gasteiger partial charge in [0.05, 0.1) is 10.5 Å². The summed E-state index contributed by atoms with van der Waals surface area (Å²) >= 11 is 7.49. The Labute approximate surface area is 122 Å². The molecule has 19 heavy (non-hydrogen) atoms. The van der Waals surface area contributed by atoms with Crippen molar-refractivity contribution >= 4 is 39.4 Å². The summed E-state index contributed by atoms with van der Waals surface area (Å²) in [5.41, 5.74) is 8.47. The molecule has 0 amide bonds. The number of hydrogen-bond acceptors (Lipinski definition) is 3. The first kappa shape index (κ1) is 14.2. The number of halogens is 1. The maximum Gasteiger partial charge on any atom is 0.155 e. The maximum atomic E-state index is 7.55. The van der Waals surface area contributed by atoms with Crippen LogP contribution in [0, 0.1) is 12.3 Å². The molecule has 3 N–H and O–H groups in total. The van der Waals surface area contributed by atoms with Gasteiger partial charge in [-0.25, -0.2) is 0 Å². The SMILES string of the molecule is CCCc1c(C)nc2c(Cl)cccc2c1SC(=N)N. The molecule has 0 aliphatic rings. The van der Waals surface area contributed by atoms with Gasteiger partial charge in [0.15, 0.2) is 5.17 Å². The van der Waals surface area contributed by atoms with Gasteiger partial charge in [0, 0.05) is 16.0 Å². The number of benzene rings is 1. The van der Waals surface area contributed by atoms with Gasteiger partial charge >= 0.3 is 0 Å². The van der Waals surface area contributed by atoms with Crippen LogP contribution >= 0.6 is 23.4 Å². The Bertz CT molecular complexity index is 640. The monoisotopic (exact) mass is 293 g/mol. The van der Waals surface area contributed by atoms with Gasteiger partial charge in [-0.3, -0.25) is 10.4 Å². The van der Waals surface area contributed by atoms with E-state index < -0.39 is 0 Å². The zero-order chi connectivity index (χ0) is 14.0. The van der Waals surface area contributed by atoms with Crippen LogP contribution in [0.15, 0.2) is 23.1 Å². The van der Waals surface area contributed by atoms with Crippen LogP contribution in [-0.2, 0) is 6.42 Å². The number of para-hydroxylation sites is 1. The first-order valence-electron chi connectivity index (χ1n) is 6.14. The Morgan fingerprint density at radius 3 is 2.84 bits per heavy atom. The van der Waals surface area contributed by atoms with E-state index in [4.69, 9.17) is 22.7 Å². The fourth-order valence-corrected chi connectivity index (χ4v) is 3.23. The zero-order valence-electron chi connectivity index (χ0n) is 11.0. The fourth-order valence-electron chi connectivity index (χ4n) is 2.15. The van der Waals surface area contributed by atoms with E-state index >= 15 is 0 Å². The third-order valence-corrected chi connectivity index (χ3v) is 4.13. The largest absolute Gasteiger partial charge is 0.378 e. The molecule has 0 aliphatic heterocycles. The molecule has 1 heterocycles. The molecule has 0 saturated heterocycles. The second kappa shape index (κ2) is 5.80. The van der Waals surface area contributed by atoms with Crippen molar-refractivity contribution in [3.8, 4) is 0 Å². The molecule has 2 aromatic rings. The molecule has 1 aromatic carbocycles.